The van der Waals surface area contributed by atoms with Crippen molar-refractivity contribution in [1.29, 1.82) is 0 Å². The van der Waals surface area contributed by atoms with Crippen LogP contribution in [0.5, 0.6) is 0 Å². The molecule has 0 bridgehead atoms. The van der Waals surface area contributed by atoms with Gasteiger partial charge in [0.15, 0.2) is 10.0 Å². The highest BCUT2D eigenvalue weighted by Gasteiger charge is 2.23. The van der Waals surface area contributed by atoms with Crippen molar-refractivity contribution < 1.29 is 9.59 Å². The molecular formula is C28H26Cl2N6O2S2. The van der Waals surface area contributed by atoms with E-state index >= 15 is 0 Å². The van der Waals surface area contributed by atoms with E-state index in [-0.39, 0.29) is 11.8 Å². The van der Waals surface area contributed by atoms with Crippen molar-refractivity contribution in [1.82, 2.24) is 20.6 Å². The molecule has 0 saturated heterocycles. The highest BCUT2D eigenvalue weighted by atomic mass is 35.5. The van der Waals surface area contributed by atoms with Crippen molar-refractivity contribution in [3.63, 3.8) is 0 Å². The Morgan fingerprint density at radius 1 is 0.750 bits per heavy atom. The summed E-state index contributed by atoms with van der Waals surface area (Å²) in [5, 5.41) is 14.4. The lowest BCUT2D eigenvalue weighted by Gasteiger charge is -2.18. The van der Waals surface area contributed by atoms with E-state index in [0.29, 0.717) is 31.4 Å². The first kappa shape index (κ1) is 27.3. The van der Waals surface area contributed by atoms with Gasteiger partial charge >= 0.3 is 0 Å². The van der Waals surface area contributed by atoms with E-state index in [0.717, 1.165) is 82.4 Å². The van der Waals surface area contributed by atoms with Gasteiger partial charge in [-0.15, -0.1) is 22.7 Å². The average molecular weight is 614 g/mol. The van der Waals surface area contributed by atoms with Crippen LogP contribution in [-0.2, 0) is 25.9 Å². The lowest BCUT2D eigenvalue weighted by atomic mass is 9.94. The van der Waals surface area contributed by atoms with Gasteiger partial charge in [0, 0.05) is 70.2 Å². The standard InChI is InChI=1S/C28H26Cl2N6O2S2/c1-13-17(7-15(29)9-21(13)33-25(37)27-35-19-3-5-31-11-23(19)39-27)18-8-16(30)10-22(14(18)2)34-26(38)28-36-20-4-6-32-12-24(20)40-28/h7-10,31-32H,3-6,11-12H2,1-2H3,(H,33,37)(H,34,38). The SMILES string of the molecule is Cc1c(NC(=O)c2nc3c(s2)CNCC3)cc(Cl)cc1-c1cc(Cl)cc(NC(=O)c2nc3c(s2)CNCC3)c1C. The van der Waals surface area contributed by atoms with Gasteiger partial charge in [0.05, 0.1) is 11.4 Å². The molecule has 0 unspecified atom stereocenters. The molecule has 2 aliphatic rings. The molecule has 0 atom stereocenters. The lowest BCUT2D eigenvalue weighted by Crippen LogP contribution is -2.22. The summed E-state index contributed by atoms with van der Waals surface area (Å²) >= 11 is 15.9. The van der Waals surface area contributed by atoms with Gasteiger partial charge in [0.25, 0.3) is 11.8 Å². The molecule has 0 radical (unpaired) electrons. The van der Waals surface area contributed by atoms with Crippen LogP contribution < -0.4 is 21.3 Å². The Morgan fingerprint density at radius 3 is 1.57 bits per heavy atom. The van der Waals surface area contributed by atoms with Crippen molar-refractivity contribution in [3.05, 3.63) is 76.6 Å². The molecule has 4 N–H and O–H groups in total. The van der Waals surface area contributed by atoms with Crippen LogP contribution in [0.2, 0.25) is 10.0 Å². The minimum Gasteiger partial charge on any atom is -0.320 e. The van der Waals surface area contributed by atoms with E-state index in [4.69, 9.17) is 23.2 Å². The number of halogens is 2. The molecule has 2 aromatic carbocycles. The molecule has 4 aromatic rings. The fraction of sp³-hybridized carbons (Fsp3) is 0.286. The van der Waals surface area contributed by atoms with Gasteiger partial charge in [-0.3, -0.25) is 9.59 Å². The van der Waals surface area contributed by atoms with Crippen LogP contribution in [0.25, 0.3) is 11.1 Å². The maximum Gasteiger partial charge on any atom is 0.284 e. The normalized spacial score (nSPS) is 14.4. The first-order valence-corrected chi connectivity index (χ1v) is 15.3. The van der Waals surface area contributed by atoms with Crippen LogP contribution in [0.4, 0.5) is 11.4 Å². The fourth-order valence-corrected chi connectivity index (χ4v) is 7.36. The van der Waals surface area contributed by atoms with Gasteiger partial charge in [0.1, 0.15) is 0 Å². The number of carbonyl (C=O) groups is 2. The van der Waals surface area contributed by atoms with Crippen molar-refractivity contribution in [2.45, 2.75) is 39.8 Å². The molecule has 40 heavy (non-hydrogen) atoms. The first-order chi connectivity index (χ1) is 19.3. The van der Waals surface area contributed by atoms with E-state index in [1.165, 1.54) is 22.7 Å². The Labute approximate surface area is 249 Å². The number of fused-ring (bicyclic) bond motifs is 2. The Morgan fingerprint density at radius 2 is 1.18 bits per heavy atom. The monoisotopic (exact) mass is 612 g/mol. The maximum absolute atomic E-state index is 13.1. The number of thiazole rings is 2. The van der Waals surface area contributed by atoms with Crippen LogP contribution in [0.3, 0.4) is 0 Å². The second-order valence-electron chi connectivity index (χ2n) is 9.79. The highest BCUT2D eigenvalue weighted by Crippen LogP contribution is 2.39. The quantitative estimate of drug-likeness (QED) is 0.221. The summed E-state index contributed by atoms with van der Waals surface area (Å²) in [5.41, 5.74) is 6.39. The van der Waals surface area contributed by atoms with E-state index in [1.54, 1.807) is 12.1 Å². The molecular weight excluding hydrogens is 587 g/mol. The Bertz CT molecular complexity index is 1500. The summed E-state index contributed by atoms with van der Waals surface area (Å²) < 4.78 is 0. The molecule has 12 heteroatoms. The van der Waals surface area contributed by atoms with Crippen LogP contribution in [0.15, 0.2) is 24.3 Å². The van der Waals surface area contributed by atoms with Crippen molar-refractivity contribution in [2.24, 2.45) is 0 Å². The van der Waals surface area contributed by atoms with Crippen LogP contribution in [-0.4, -0.2) is 34.9 Å². The van der Waals surface area contributed by atoms with Gasteiger partial charge < -0.3 is 21.3 Å². The molecule has 0 saturated carbocycles. The number of carbonyl (C=O) groups excluding carboxylic acids is 2. The smallest absolute Gasteiger partial charge is 0.284 e. The molecule has 206 valence electrons. The molecule has 0 aliphatic carbocycles. The number of aromatic nitrogens is 2. The van der Waals surface area contributed by atoms with Gasteiger partial charge in [-0.2, -0.15) is 0 Å². The van der Waals surface area contributed by atoms with Gasteiger partial charge in [-0.1, -0.05) is 23.2 Å². The topological polar surface area (TPSA) is 108 Å². The average Bonchev–Trinajstić information content (AvgIpc) is 3.57. The third kappa shape index (κ3) is 5.39. The molecule has 0 fully saturated rings. The Kier molecular flexibility index (Phi) is 7.64. The number of anilines is 2. The first-order valence-electron chi connectivity index (χ1n) is 12.9. The second kappa shape index (κ2) is 11.2. The van der Waals surface area contributed by atoms with Crippen LogP contribution in [0.1, 0.15) is 51.9 Å². The minimum absolute atomic E-state index is 0.271. The number of hydrogen-bond acceptors (Lipinski definition) is 8. The zero-order chi connectivity index (χ0) is 28.0. The number of rotatable bonds is 5. The lowest BCUT2D eigenvalue weighted by molar-refractivity contribution is 0.101. The van der Waals surface area contributed by atoms with E-state index in [1.807, 2.05) is 26.0 Å². The summed E-state index contributed by atoms with van der Waals surface area (Å²) in [7, 11) is 0. The highest BCUT2D eigenvalue weighted by molar-refractivity contribution is 7.14. The predicted molar refractivity (Wildman–Crippen MR) is 162 cm³/mol. The summed E-state index contributed by atoms with van der Waals surface area (Å²) in [5.74, 6) is -0.541. The minimum atomic E-state index is -0.271. The third-order valence-electron chi connectivity index (χ3n) is 7.12. The van der Waals surface area contributed by atoms with E-state index in [2.05, 4.69) is 31.2 Å². The summed E-state index contributed by atoms with van der Waals surface area (Å²) in [6, 6.07) is 7.14. The summed E-state index contributed by atoms with van der Waals surface area (Å²) in [4.78, 5) is 37.6. The number of nitrogens with one attached hydrogen (secondary N) is 4. The molecule has 0 spiro atoms. The predicted octanol–water partition coefficient (Wildman–Crippen LogP) is 5.99. The molecule has 2 aliphatic heterocycles. The zero-order valence-corrected chi connectivity index (χ0v) is 25.0. The third-order valence-corrected chi connectivity index (χ3v) is 9.75. The Hall–Kier alpha value is -2.86. The van der Waals surface area contributed by atoms with Crippen LogP contribution in [0, 0.1) is 13.8 Å². The summed E-state index contributed by atoms with van der Waals surface area (Å²) in [6.45, 7) is 7.03. The zero-order valence-electron chi connectivity index (χ0n) is 21.8. The number of benzene rings is 2. The molecule has 2 amide bonds. The molecule has 4 heterocycles. The van der Waals surface area contributed by atoms with Crippen LogP contribution >= 0.6 is 45.9 Å². The summed E-state index contributed by atoms with van der Waals surface area (Å²) in [6.07, 6.45) is 1.63. The number of amides is 2. The largest absolute Gasteiger partial charge is 0.320 e. The van der Waals surface area contributed by atoms with Gasteiger partial charge in [-0.25, -0.2) is 9.97 Å². The van der Waals surface area contributed by atoms with Gasteiger partial charge in [0.2, 0.25) is 0 Å². The number of nitrogens with zero attached hydrogens (tertiary/aromatic N) is 2. The maximum atomic E-state index is 13.1. The van der Waals surface area contributed by atoms with Crippen molar-refractivity contribution in [3.8, 4) is 11.1 Å². The molecule has 8 nitrogen and oxygen atoms in total. The van der Waals surface area contributed by atoms with E-state index < -0.39 is 0 Å². The second-order valence-corrected chi connectivity index (χ2v) is 12.8. The number of hydrogen-bond donors (Lipinski definition) is 4. The molecule has 2 aromatic heterocycles. The van der Waals surface area contributed by atoms with Gasteiger partial charge in [-0.05, 0) is 60.4 Å². The fourth-order valence-electron chi connectivity index (χ4n) is 4.97. The van der Waals surface area contributed by atoms with E-state index in [9.17, 15) is 9.59 Å². The van der Waals surface area contributed by atoms with Crippen molar-refractivity contribution in [2.75, 3.05) is 23.7 Å². The van der Waals surface area contributed by atoms with Crippen molar-refractivity contribution >= 4 is 69.1 Å². The molecule has 6 rings (SSSR count). The Balaban J connectivity index is 1.29.